The first-order valence-corrected chi connectivity index (χ1v) is 8.18. The molecule has 1 aromatic heterocycles. The van der Waals surface area contributed by atoms with Gasteiger partial charge in [-0.1, -0.05) is 13.0 Å². The number of rotatable bonds is 7. The number of likely N-dealkylation sites (tertiary alicyclic amines) is 1. The van der Waals surface area contributed by atoms with E-state index in [0.29, 0.717) is 11.9 Å². The Kier molecular flexibility index (Phi) is 6.46. The summed E-state index contributed by atoms with van der Waals surface area (Å²) in [5, 5.41) is 3.64. The summed E-state index contributed by atoms with van der Waals surface area (Å²) in [6, 6.07) is 6.61. The molecule has 4 heteroatoms. The molecule has 0 bridgehead atoms. The molecule has 2 rings (SSSR count). The first-order chi connectivity index (χ1) is 10.2. The molecule has 1 saturated heterocycles. The van der Waals surface area contributed by atoms with Gasteiger partial charge in [0.05, 0.1) is 12.8 Å². The van der Waals surface area contributed by atoms with Crippen molar-refractivity contribution in [2.75, 3.05) is 26.7 Å². The summed E-state index contributed by atoms with van der Waals surface area (Å²) in [7, 11) is 1.67. The molecule has 2 unspecified atom stereocenters. The van der Waals surface area contributed by atoms with Crippen molar-refractivity contribution in [2.45, 2.75) is 45.7 Å². The molecule has 0 aliphatic carbocycles. The second-order valence-electron chi connectivity index (χ2n) is 6.05. The van der Waals surface area contributed by atoms with E-state index in [1.54, 1.807) is 7.11 Å². The van der Waals surface area contributed by atoms with E-state index in [-0.39, 0.29) is 0 Å². The smallest absolute Gasteiger partial charge is 0.213 e. The van der Waals surface area contributed by atoms with Gasteiger partial charge in [-0.15, -0.1) is 0 Å². The van der Waals surface area contributed by atoms with Gasteiger partial charge >= 0.3 is 0 Å². The first kappa shape index (κ1) is 16.2. The van der Waals surface area contributed by atoms with Crippen LogP contribution in [0.15, 0.2) is 18.2 Å². The third-order valence-electron chi connectivity index (χ3n) is 4.34. The maximum Gasteiger partial charge on any atom is 0.213 e. The van der Waals surface area contributed by atoms with Crippen LogP contribution in [0.3, 0.4) is 0 Å². The molecule has 2 heterocycles. The lowest BCUT2D eigenvalue weighted by Crippen LogP contribution is -2.44. The van der Waals surface area contributed by atoms with Gasteiger partial charge in [0.2, 0.25) is 5.88 Å². The molecule has 1 N–H and O–H groups in total. The van der Waals surface area contributed by atoms with Crippen LogP contribution >= 0.6 is 0 Å². The Labute approximate surface area is 128 Å². The Hall–Kier alpha value is -1.13. The van der Waals surface area contributed by atoms with Crippen molar-refractivity contribution in [1.82, 2.24) is 15.2 Å². The van der Waals surface area contributed by atoms with Crippen LogP contribution in [-0.2, 0) is 6.54 Å². The summed E-state index contributed by atoms with van der Waals surface area (Å²) in [6.45, 7) is 8.94. The molecule has 118 valence electrons. The molecule has 4 nitrogen and oxygen atoms in total. The average molecular weight is 291 g/mol. The van der Waals surface area contributed by atoms with E-state index in [0.717, 1.165) is 31.2 Å². The second kappa shape index (κ2) is 8.35. The molecule has 1 aromatic rings. The van der Waals surface area contributed by atoms with Crippen LogP contribution in [0.5, 0.6) is 5.88 Å². The van der Waals surface area contributed by atoms with Gasteiger partial charge in [-0.2, -0.15) is 0 Å². The number of methoxy groups -OCH3 is 1. The Morgan fingerprint density at radius 1 is 1.48 bits per heavy atom. The molecule has 1 aliphatic heterocycles. The van der Waals surface area contributed by atoms with Gasteiger partial charge in [-0.25, -0.2) is 4.98 Å². The van der Waals surface area contributed by atoms with Gasteiger partial charge in [0, 0.05) is 25.2 Å². The highest BCUT2D eigenvalue weighted by atomic mass is 16.5. The van der Waals surface area contributed by atoms with E-state index in [1.807, 2.05) is 12.1 Å². The molecule has 1 fully saturated rings. The van der Waals surface area contributed by atoms with E-state index < -0.39 is 0 Å². The number of hydrogen-bond acceptors (Lipinski definition) is 4. The van der Waals surface area contributed by atoms with E-state index in [2.05, 4.69) is 35.1 Å². The second-order valence-corrected chi connectivity index (χ2v) is 6.05. The maximum absolute atomic E-state index is 5.21. The van der Waals surface area contributed by atoms with Crippen LogP contribution in [0.1, 0.15) is 38.8 Å². The summed E-state index contributed by atoms with van der Waals surface area (Å²) < 4.78 is 5.21. The molecular weight excluding hydrogens is 262 g/mol. The van der Waals surface area contributed by atoms with E-state index >= 15 is 0 Å². The number of aromatic nitrogens is 1. The lowest BCUT2D eigenvalue weighted by atomic mass is 9.91. The zero-order valence-corrected chi connectivity index (χ0v) is 13.6. The van der Waals surface area contributed by atoms with Crippen molar-refractivity contribution in [3.63, 3.8) is 0 Å². The van der Waals surface area contributed by atoms with Gasteiger partial charge in [0.25, 0.3) is 0 Å². The Balaban J connectivity index is 1.88. The topological polar surface area (TPSA) is 37.4 Å². The maximum atomic E-state index is 5.21. The lowest BCUT2D eigenvalue weighted by molar-refractivity contribution is 0.143. The summed E-state index contributed by atoms with van der Waals surface area (Å²) in [5.41, 5.74) is 1.10. The summed E-state index contributed by atoms with van der Waals surface area (Å²) >= 11 is 0. The molecule has 0 amide bonds. The summed E-state index contributed by atoms with van der Waals surface area (Å²) in [4.78, 5) is 7.05. The highest BCUT2D eigenvalue weighted by Gasteiger charge is 2.24. The largest absolute Gasteiger partial charge is 0.481 e. The fourth-order valence-corrected chi connectivity index (χ4v) is 3.07. The minimum Gasteiger partial charge on any atom is -0.481 e. The Bertz CT molecular complexity index is 424. The van der Waals surface area contributed by atoms with E-state index in [4.69, 9.17) is 4.74 Å². The van der Waals surface area contributed by atoms with E-state index in [1.165, 1.54) is 25.8 Å². The fraction of sp³-hybridized carbons (Fsp3) is 0.706. The highest BCUT2D eigenvalue weighted by Crippen LogP contribution is 2.21. The van der Waals surface area contributed by atoms with Crippen LogP contribution in [-0.4, -0.2) is 42.7 Å². The van der Waals surface area contributed by atoms with Crippen molar-refractivity contribution >= 4 is 0 Å². The zero-order chi connectivity index (χ0) is 15.1. The predicted molar refractivity (Wildman–Crippen MR) is 86.5 cm³/mol. The fourth-order valence-electron chi connectivity index (χ4n) is 3.07. The SMILES string of the molecule is CCCNC(C)C1CCCN(Cc2cccc(OC)n2)C1. The van der Waals surface area contributed by atoms with Crippen LogP contribution in [0, 0.1) is 5.92 Å². The van der Waals surface area contributed by atoms with Crippen LogP contribution in [0.25, 0.3) is 0 Å². The number of ether oxygens (including phenoxy) is 1. The molecule has 0 aromatic carbocycles. The van der Waals surface area contributed by atoms with Crippen molar-refractivity contribution in [3.8, 4) is 5.88 Å². The average Bonchev–Trinajstić information content (AvgIpc) is 2.53. The first-order valence-electron chi connectivity index (χ1n) is 8.18. The standard InChI is InChI=1S/C17H29N3O/c1-4-10-18-14(2)15-7-6-11-20(12-15)13-16-8-5-9-17(19-16)21-3/h5,8-9,14-15,18H,4,6-7,10-13H2,1-3H3. The molecule has 0 radical (unpaired) electrons. The molecule has 2 atom stereocenters. The van der Waals surface area contributed by atoms with E-state index in [9.17, 15) is 0 Å². The Morgan fingerprint density at radius 2 is 2.33 bits per heavy atom. The monoisotopic (exact) mass is 291 g/mol. The molecule has 0 saturated carbocycles. The van der Waals surface area contributed by atoms with Crippen molar-refractivity contribution in [2.24, 2.45) is 5.92 Å². The third kappa shape index (κ3) is 4.97. The van der Waals surface area contributed by atoms with Gasteiger partial charge in [0.15, 0.2) is 0 Å². The van der Waals surface area contributed by atoms with Crippen LogP contribution < -0.4 is 10.1 Å². The molecule has 21 heavy (non-hydrogen) atoms. The van der Waals surface area contributed by atoms with Gasteiger partial charge in [-0.3, -0.25) is 4.90 Å². The minimum absolute atomic E-state index is 0.603. The normalized spacial score (nSPS) is 21.2. The molecule has 0 spiro atoms. The van der Waals surface area contributed by atoms with Crippen LogP contribution in [0.2, 0.25) is 0 Å². The van der Waals surface area contributed by atoms with Crippen molar-refractivity contribution in [1.29, 1.82) is 0 Å². The number of nitrogens with zero attached hydrogens (tertiary/aromatic N) is 2. The Morgan fingerprint density at radius 3 is 3.10 bits per heavy atom. The summed E-state index contributed by atoms with van der Waals surface area (Å²) in [6.07, 6.45) is 3.82. The minimum atomic E-state index is 0.603. The zero-order valence-electron chi connectivity index (χ0n) is 13.6. The molecule has 1 aliphatic rings. The van der Waals surface area contributed by atoms with Gasteiger partial charge < -0.3 is 10.1 Å². The number of piperidine rings is 1. The van der Waals surface area contributed by atoms with Crippen LogP contribution in [0.4, 0.5) is 0 Å². The predicted octanol–water partition coefficient (Wildman–Crippen LogP) is 2.69. The van der Waals surface area contributed by atoms with Gasteiger partial charge in [0.1, 0.15) is 0 Å². The number of hydrogen-bond donors (Lipinski definition) is 1. The number of nitrogens with one attached hydrogen (secondary N) is 1. The quantitative estimate of drug-likeness (QED) is 0.838. The third-order valence-corrected chi connectivity index (χ3v) is 4.34. The number of pyridine rings is 1. The summed E-state index contributed by atoms with van der Waals surface area (Å²) in [5.74, 6) is 1.45. The van der Waals surface area contributed by atoms with Crippen molar-refractivity contribution < 1.29 is 4.74 Å². The van der Waals surface area contributed by atoms with Gasteiger partial charge in [-0.05, 0) is 51.3 Å². The highest BCUT2D eigenvalue weighted by molar-refractivity contribution is 5.15. The lowest BCUT2D eigenvalue weighted by Gasteiger charge is -2.36. The van der Waals surface area contributed by atoms with Crippen molar-refractivity contribution in [3.05, 3.63) is 23.9 Å². The molecular formula is C17H29N3O.